The lowest BCUT2D eigenvalue weighted by Crippen LogP contribution is -2.30. The molecule has 106 valence electrons. The zero-order valence-corrected chi connectivity index (χ0v) is 12.3. The van der Waals surface area contributed by atoms with Crippen LogP contribution < -0.4 is 10.9 Å². The van der Waals surface area contributed by atoms with Gasteiger partial charge in [0.25, 0.3) is 5.56 Å². The molecule has 2 aromatic heterocycles. The first-order valence-corrected chi connectivity index (χ1v) is 6.73. The highest BCUT2D eigenvalue weighted by Gasteiger charge is 2.17. The number of hydrogen-bond acceptors (Lipinski definition) is 4. The summed E-state index contributed by atoms with van der Waals surface area (Å²) in [5, 5.41) is 3.39. The van der Waals surface area contributed by atoms with Gasteiger partial charge in [0.2, 0.25) is 0 Å². The van der Waals surface area contributed by atoms with Crippen molar-refractivity contribution in [2.45, 2.75) is 39.8 Å². The van der Waals surface area contributed by atoms with E-state index in [4.69, 9.17) is 0 Å². The first-order chi connectivity index (χ1) is 9.49. The molecule has 0 saturated heterocycles. The van der Waals surface area contributed by atoms with Gasteiger partial charge in [-0.1, -0.05) is 6.07 Å². The number of rotatable bonds is 4. The SMILES string of the molecule is Cc1nc(C)c(C(C)N[C@@H](C)c2ccccn2)c(=O)[nH]1. The summed E-state index contributed by atoms with van der Waals surface area (Å²) < 4.78 is 0. The predicted octanol–water partition coefficient (Wildman–Crippen LogP) is 2.19. The molecule has 0 spiro atoms. The quantitative estimate of drug-likeness (QED) is 0.895. The van der Waals surface area contributed by atoms with Gasteiger partial charge in [0.05, 0.1) is 11.3 Å². The third-order valence-electron chi connectivity index (χ3n) is 3.33. The van der Waals surface area contributed by atoms with Gasteiger partial charge in [-0.15, -0.1) is 0 Å². The van der Waals surface area contributed by atoms with Gasteiger partial charge in [-0.3, -0.25) is 9.78 Å². The highest BCUT2D eigenvalue weighted by atomic mass is 16.1. The molecule has 2 N–H and O–H groups in total. The first-order valence-electron chi connectivity index (χ1n) is 6.73. The Hall–Kier alpha value is -2.01. The summed E-state index contributed by atoms with van der Waals surface area (Å²) in [6.45, 7) is 7.64. The van der Waals surface area contributed by atoms with Crippen molar-refractivity contribution in [1.82, 2.24) is 20.3 Å². The average Bonchev–Trinajstić information content (AvgIpc) is 2.38. The van der Waals surface area contributed by atoms with Crippen molar-refractivity contribution in [3.8, 4) is 0 Å². The van der Waals surface area contributed by atoms with Crippen molar-refractivity contribution in [1.29, 1.82) is 0 Å². The third-order valence-corrected chi connectivity index (χ3v) is 3.33. The number of aromatic amines is 1. The van der Waals surface area contributed by atoms with Gasteiger partial charge < -0.3 is 10.3 Å². The van der Waals surface area contributed by atoms with Crippen LogP contribution in [0, 0.1) is 13.8 Å². The Labute approximate surface area is 118 Å². The minimum absolute atomic E-state index is 0.0614. The smallest absolute Gasteiger partial charge is 0.255 e. The van der Waals surface area contributed by atoms with Crippen LogP contribution in [0.4, 0.5) is 0 Å². The van der Waals surface area contributed by atoms with Gasteiger partial charge in [-0.25, -0.2) is 4.98 Å². The largest absolute Gasteiger partial charge is 0.310 e. The molecule has 0 aromatic carbocycles. The Morgan fingerprint density at radius 3 is 2.55 bits per heavy atom. The number of aromatic nitrogens is 3. The van der Waals surface area contributed by atoms with Crippen LogP contribution in [0.5, 0.6) is 0 Å². The number of nitrogens with one attached hydrogen (secondary N) is 2. The third kappa shape index (κ3) is 3.11. The predicted molar refractivity (Wildman–Crippen MR) is 78.5 cm³/mol. The van der Waals surface area contributed by atoms with Crippen LogP contribution in [0.1, 0.15) is 48.7 Å². The fraction of sp³-hybridized carbons (Fsp3) is 0.400. The number of aryl methyl sites for hydroxylation is 2. The van der Waals surface area contributed by atoms with E-state index in [1.807, 2.05) is 39.0 Å². The Morgan fingerprint density at radius 2 is 1.95 bits per heavy atom. The average molecular weight is 272 g/mol. The summed E-state index contributed by atoms with van der Waals surface area (Å²) in [7, 11) is 0. The molecule has 0 saturated carbocycles. The maximum Gasteiger partial charge on any atom is 0.255 e. The minimum atomic E-state index is -0.0937. The molecular formula is C15H20N4O. The van der Waals surface area contributed by atoms with E-state index >= 15 is 0 Å². The zero-order valence-electron chi connectivity index (χ0n) is 12.3. The molecule has 1 unspecified atom stereocenters. The molecular weight excluding hydrogens is 252 g/mol. The maximum absolute atomic E-state index is 12.1. The van der Waals surface area contributed by atoms with Crippen LogP contribution in [0.25, 0.3) is 0 Å². The molecule has 0 amide bonds. The van der Waals surface area contributed by atoms with Gasteiger partial charge in [0.1, 0.15) is 5.82 Å². The Kier molecular flexibility index (Phi) is 4.29. The van der Waals surface area contributed by atoms with Crippen LogP contribution in [0.2, 0.25) is 0 Å². The van der Waals surface area contributed by atoms with E-state index in [1.165, 1.54) is 0 Å². The van der Waals surface area contributed by atoms with E-state index in [0.717, 1.165) is 11.4 Å². The molecule has 2 atom stereocenters. The van der Waals surface area contributed by atoms with E-state index in [9.17, 15) is 4.79 Å². The molecule has 2 aromatic rings. The van der Waals surface area contributed by atoms with Crippen LogP contribution >= 0.6 is 0 Å². The van der Waals surface area contributed by atoms with Gasteiger partial charge in [0, 0.05) is 24.0 Å². The monoisotopic (exact) mass is 272 g/mol. The maximum atomic E-state index is 12.1. The number of hydrogen-bond donors (Lipinski definition) is 2. The molecule has 0 bridgehead atoms. The van der Waals surface area contributed by atoms with Gasteiger partial charge >= 0.3 is 0 Å². The van der Waals surface area contributed by atoms with Crippen molar-refractivity contribution < 1.29 is 0 Å². The van der Waals surface area contributed by atoms with Crippen LogP contribution in [-0.2, 0) is 0 Å². The zero-order chi connectivity index (χ0) is 14.7. The van der Waals surface area contributed by atoms with E-state index in [0.29, 0.717) is 11.4 Å². The Balaban J connectivity index is 2.21. The number of nitrogens with zero attached hydrogens (tertiary/aromatic N) is 2. The highest BCUT2D eigenvalue weighted by molar-refractivity contribution is 5.21. The van der Waals surface area contributed by atoms with E-state index in [2.05, 4.69) is 20.3 Å². The van der Waals surface area contributed by atoms with Gasteiger partial charge in [-0.2, -0.15) is 0 Å². The van der Waals surface area contributed by atoms with Gasteiger partial charge in [-0.05, 0) is 39.8 Å². The molecule has 5 heteroatoms. The van der Waals surface area contributed by atoms with Crippen LogP contribution in [0.15, 0.2) is 29.2 Å². The van der Waals surface area contributed by atoms with Crippen molar-refractivity contribution >= 4 is 0 Å². The Morgan fingerprint density at radius 1 is 1.20 bits per heavy atom. The van der Waals surface area contributed by atoms with E-state index in [1.54, 1.807) is 13.1 Å². The number of H-pyrrole nitrogens is 1. The molecule has 5 nitrogen and oxygen atoms in total. The van der Waals surface area contributed by atoms with Crippen molar-refractivity contribution in [2.75, 3.05) is 0 Å². The summed E-state index contributed by atoms with van der Waals surface area (Å²) >= 11 is 0. The van der Waals surface area contributed by atoms with Crippen LogP contribution in [-0.4, -0.2) is 15.0 Å². The second kappa shape index (κ2) is 5.96. The van der Waals surface area contributed by atoms with Crippen molar-refractivity contribution in [3.63, 3.8) is 0 Å². The van der Waals surface area contributed by atoms with E-state index in [-0.39, 0.29) is 17.6 Å². The fourth-order valence-corrected chi connectivity index (χ4v) is 2.42. The molecule has 20 heavy (non-hydrogen) atoms. The summed E-state index contributed by atoms with van der Waals surface area (Å²) in [5.74, 6) is 0.640. The Bertz CT molecular complexity index is 636. The molecule has 0 aliphatic heterocycles. The summed E-state index contributed by atoms with van der Waals surface area (Å²) in [6.07, 6.45) is 1.77. The lowest BCUT2D eigenvalue weighted by Gasteiger charge is -2.20. The molecule has 0 aliphatic carbocycles. The second-order valence-corrected chi connectivity index (χ2v) is 5.02. The molecule has 0 radical (unpaired) electrons. The molecule has 2 heterocycles. The second-order valence-electron chi connectivity index (χ2n) is 5.02. The first kappa shape index (κ1) is 14.4. The topological polar surface area (TPSA) is 70.7 Å². The standard InChI is InChI=1S/C15H20N4O/c1-9(13-7-5-6-8-16-13)17-10(2)14-11(3)18-12(4)19-15(14)20/h5-10,17H,1-4H3,(H,18,19,20)/t9-,10?/m0/s1. The lowest BCUT2D eigenvalue weighted by atomic mass is 10.1. The normalized spacial score (nSPS) is 14.0. The fourth-order valence-electron chi connectivity index (χ4n) is 2.42. The van der Waals surface area contributed by atoms with Gasteiger partial charge in [0.15, 0.2) is 0 Å². The lowest BCUT2D eigenvalue weighted by molar-refractivity contribution is 0.480. The van der Waals surface area contributed by atoms with Crippen molar-refractivity contribution in [2.24, 2.45) is 0 Å². The highest BCUT2D eigenvalue weighted by Crippen LogP contribution is 2.17. The molecule has 0 aliphatic rings. The number of pyridine rings is 1. The van der Waals surface area contributed by atoms with Crippen molar-refractivity contribution in [3.05, 3.63) is 57.5 Å². The van der Waals surface area contributed by atoms with E-state index < -0.39 is 0 Å². The summed E-state index contributed by atoms with van der Waals surface area (Å²) in [5.41, 5.74) is 2.31. The van der Waals surface area contributed by atoms with Crippen LogP contribution in [0.3, 0.4) is 0 Å². The molecule has 0 fully saturated rings. The summed E-state index contributed by atoms with van der Waals surface area (Å²) in [4.78, 5) is 23.5. The summed E-state index contributed by atoms with van der Waals surface area (Å²) in [6, 6.07) is 5.78. The minimum Gasteiger partial charge on any atom is -0.310 e. The molecule has 2 rings (SSSR count).